The number of ether oxygens (including phenoxy) is 2. The molecule has 0 aromatic heterocycles. The Hall–Kier alpha value is -1.42. The van der Waals surface area contributed by atoms with E-state index in [4.69, 9.17) is 9.47 Å². The van der Waals surface area contributed by atoms with E-state index in [1.165, 1.54) is 12.5 Å². The molecule has 0 aromatic carbocycles. The molecule has 0 N–H and O–H groups in total. The van der Waals surface area contributed by atoms with Crippen LogP contribution in [0.25, 0.3) is 0 Å². The van der Waals surface area contributed by atoms with E-state index in [0.29, 0.717) is 18.3 Å². The Bertz CT molecular complexity index is 749. The molecule has 4 heteroatoms. The van der Waals surface area contributed by atoms with Gasteiger partial charge in [-0.15, -0.1) is 0 Å². The van der Waals surface area contributed by atoms with E-state index in [1.807, 2.05) is 6.08 Å². The quantitative estimate of drug-likeness (QED) is 0.538. The van der Waals surface area contributed by atoms with Crippen molar-refractivity contribution in [2.45, 2.75) is 71.0 Å². The molecule has 1 saturated heterocycles. The van der Waals surface area contributed by atoms with E-state index in [-0.39, 0.29) is 34.3 Å². The van der Waals surface area contributed by atoms with Crippen molar-refractivity contribution >= 4 is 11.8 Å². The molecule has 3 fully saturated rings. The molecule has 4 nitrogen and oxygen atoms in total. The Balaban J connectivity index is 1.53. The van der Waals surface area contributed by atoms with Crippen molar-refractivity contribution in [3.05, 3.63) is 23.5 Å². The van der Waals surface area contributed by atoms with Crippen molar-refractivity contribution in [3.63, 3.8) is 0 Å². The Morgan fingerprint density at radius 1 is 1.28 bits per heavy atom. The van der Waals surface area contributed by atoms with Crippen LogP contribution in [0.2, 0.25) is 0 Å². The van der Waals surface area contributed by atoms with Crippen LogP contribution in [0, 0.1) is 22.7 Å². The predicted molar refractivity (Wildman–Crippen MR) is 91.4 cm³/mol. The third-order valence-corrected chi connectivity index (χ3v) is 8.10. The van der Waals surface area contributed by atoms with Gasteiger partial charge < -0.3 is 9.47 Å². The van der Waals surface area contributed by atoms with Crippen molar-refractivity contribution < 1.29 is 19.1 Å². The van der Waals surface area contributed by atoms with Gasteiger partial charge in [0.15, 0.2) is 5.78 Å². The smallest absolute Gasteiger partial charge is 0.307 e. The molecule has 25 heavy (non-hydrogen) atoms. The summed E-state index contributed by atoms with van der Waals surface area (Å²) < 4.78 is 12.1. The van der Waals surface area contributed by atoms with E-state index in [1.54, 1.807) is 0 Å². The first kappa shape index (κ1) is 15.8. The van der Waals surface area contributed by atoms with Crippen LogP contribution in [0.15, 0.2) is 23.5 Å². The molecule has 6 atom stereocenters. The van der Waals surface area contributed by atoms with E-state index in [9.17, 15) is 9.59 Å². The van der Waals surface area contributed by atoms with Crippen LogP contribution >= 0.6 is 0 Å². The van der Waals surface area contributed by atoms with E-state index in [2.05, 4.69) is 19.9 Å². The molecule has 1 heterocycles. The van der Waals surface area contributed by atoms with Crippen molar-refractivity contribution in [3.8, 4) is 0 Å². The highest BCUT2D eigenvalue weighted by Crippen LogP contribution is 2.75. The zero-order valence-electron chi connectivity index (χ0n) is 15.3. The summed E-state index contributed by atoms with van der Waals surface area (Å²) in [5.74, 6) is 1.86. The van der Waals surface area contributed by atoms with Crippen molar-refractivity contribution in [1.82, 2.24) is 0 Å². The monoisotopic (exact) mass is 342 g/mol. The molecule has 2 saturated carbocycles. The fourth-order valence-corrected chi connectivity index (χ4v) is 6.86. The first-order valence-electron chi connectivity index (χ1n) is 9.62. The third kappa shape index (κ3) is 1.77. The number of fused-ring (bicyclic) bond motifs is 3. The van der Waals surface area contributed by atoms with E-state index >= 15 is 0 Å². The number of carbonyl (C=O) groups is 2. The molecule has 0 bridgehead atoms. The summed E-state index contributed by atoms with van der Waals surface area (Å²) in [5.41, 5.74) is 1.13. The number of esters is 1. The summed E-state index contributed by atoms with van der Waals surface area (Å²) >= 11 is 0. The number of epoxide rings is 1. The lowest BCUT2D eigenvalue weighted by molar-refractivity contribution is -0.139. The lowest BCUT2D eigenvalue weighted by atomic mass is 9.47. The molecule has 5 rings (SSSR count). The maximum Gasteiger partial charge on any atom is 0.307 e. The van der Waals surface area contributed by atoms with Crippen molar-refractivity contribution in [1.29, 1.82) is 0 Å². The topological polar surface area (TPSA) is 55.9 Å². The van der Waals surface area contributed by atoms with Gasteiger partial charge in [-0.05, 0) is 56.1 Å². The van der Waals surface area contributed by atoms with Crippen LogP contribution in [0.5, 0.6) is 0 Å². The highest BCUT2D eigenvalue weighted by atomic mass is 16.6. The molecule has 134 valence electrons. The molecule has 0 aromatic rings. The molecule has 0 amide bonds. The van der Waals surface area contributed by atoms with Gasteiger partial charge in [-0.1, -0.05) is 19.4 Å². The van der Waals surface area contributed by atoms with Crippen LogP contribution in [0.3, 0.4) is 0 Å². The Kier molecular flexibility index (Phi) is 2.94. The van der Waals surface area contributed by atoms with Crippen molar-refractivity contribution in [2.75, 3.05) is 0 Å². The van der Waals surface area contributed by atoms with Gasteiger partial charge in [-0.3, -0.25) is 9.59 Å². The summed E-state index contributed by atoms with van der Waals surface area (Å²) in [7, 11) is 0. The molecule has 5 unspecified atom stereocenters. The minimum atomic E-state index is -0.228. The number of rotatable bonds is 1. The average molecular weight is 342 g/mol. The number of hydrogen-bond donors (Lipinski definition) is 0. The number of hydrogen-bond acceptors (Lipinski definition) is 4. The van der Waals surface area contributed by atoms with Crippen LogP contribution in [-0.4, -0.2) is 23.5 Å². The summed E-state index contributed by atoms with van der Waals surface area (Å²) in [5, 5.41) is 0. The summed E-state index contributed by atoms with van der Waals surface area (Å²) in [6.07, 6.45) is 9.80. The Morgan fingerprint density at radius 2 is 2.08 bits per heavy atom. The standard InChI is InChI=1S/C21H26O4/c1-12(22)24-17-7-6-15-16-5-4-13-10-14(23)8-9-20(13,3)21(16)18(25-21)11-19(15,17)2/h7,10,15-16,18H,4-6,8-9,11H2,1-3H3/t15?,16?,18?,19?,20?,21-/m0/s1. The largest absolute Gasteiger partial charge is 0.431 e. The number of allylic oxidation sites excluding steroid dienone is 3. The first-order chi connectivity index (χ1) is 11.8. The van der Waals surface area contributed by atoms with Gasteiger partial charge in [0, 0.05) is 24.2 Å². The maximum absolute atomic E-state index is 11.9. The SMILES string of the molecule is CC(=O)OC1=CCC2C3CCC4=CC(=O)CCC4(C)[C@]34OC4CC12C. The number of ketones is 1. The molecule has 0 radical (unpaired) electrons. The normalized spacial score (nSPS) is 49.9. The molecule has 4 aliphatic carbocycles. The Morgan fingerprint density at radius 3 is 2.84 bits per heavy atom. The highest BCUT2D eigenvalue weighted by Gasteiger charge is 2.78. The van der Waals surface area contributed by atoms with E-state index in [0.717, 1.165) is 37.9 Å². The third-order valence-electron chi connectivity index (χ3n) is 8.10. The molecule has 5 aliphatic rings. The predicted octanol–water partition coefficient (Wildman–Crippen LogP) is 3.71. The van der Waals surface area contributed by atoms with Gasteiger partial charge in [-0.2, -0.15) is 0 Å². The minimum Gasteiger partial charge on any atom is -0.431 e. The van der Waals surface area contributed by atoms with Crippen LogP contribution in [0.1, 0.15) is 59.3 Å². The molecule has 1 spiro atoms. The van der Waals surface area contributed by atoms with Crippen molar-refractivity contribution in [2.24, 2.45) is 22.7 Å². The molecular formula is C21H26O4. The highest BCUT2D eigenvalue weighted by molar-refractivity contribution is 5.91. The lowest BCUT2D eigenvalue weighted by Gasteiger charge is -2.55. The lowest BCUT2D eigenvalue weighted by Crippen LogP contribution is -2.57. The summed E-state index contributed by atoms with van der Waals surface area (Å²) in [6, 6.07) is 0. The van der Waals surface area contributed by atoms with Crippen LogP contribution < -0.4 is 0 Å². The number of carbonyl (C=O) groups excluding carboxylic acids is 2. The Labute approximate surface area is 148 Å². The van der Waals surface area contributed by atoms with E-state index < -0.39 is 0 Å². The average Bonchev–Trinajstić information content (AvgIpc) is 3.17. The molecule has 1 aliphatic heterocycles. The fraction of sp³-hybridized carbons (Fsp3) is 0.714. The summed E-state index contributed by atoms with van der Waals surface area (Å²) in [4.78, 5) is 23.5. The zero-order valence-corrected chi connectivity index (χ0v) is 15.3. The fourth-order valence-electron chi connectivity index (χ4n) is 6.86. The van der Waals surface area contributed by atoms with Crippen LogP contribution in [-0.2, 0) is 19.1 Å². The van der Waals surface area contributed by atoms with Gasteiger partial charge in [0.1, 0.15) is 11.4 Å². The summed E-state index contributed by atoms with van der Waals surface area (Å²) in [6.45, 7) is 6.06. The molecular weight excluding hydrogens is 316 g/mol. The van der Waals surface area contributed by atoms with Crippen LogP contribution in [0.4, 0.5) is 0 Å². The van der Waals surface area contributed by atoms with Gasteiger partial charge in [-0.25, -0.2) is 0 Å². The zero-order chi connectivity index (χ0) is 17.6. The van der Waals surface area contributed by atoms with Gasteiger partial charge in [0.05, 0.1) is 6.10 Å². The maximum atomic E-state index is 11.9. The second kappa shape index (κ2) is 4.64. The van der Waals surface area contributed by atoms with Gasteiger partial charge >= 0.3 is 5.97 Å². The second-order valence-corrected chi connectivity index (χ2v) is 9.14. The van der Waals surface area contributed by atoms with Gasteiger partial charge in [0.2, 0.25) is 0 Å². The first-order valence-corrected chi connectivity index (χ1v) is 9.62. The van der Waals surface area contributed by atoms with Gasteiger partial charge in [0.25, 0.3) is 0 Å². The second-order valence-electron chi connectivity index (χ2n) is 9.14. The minimum absolute atomic E-state index is 0.00000949.